The minimum atomic E-state index is -0.448. The molecule has 0 aliphatic rings. The molecule has 0 spiro atoms. The van der Waals surface area contributed by atoms with Crippen LogP contribution in [0.15, 0.2) is 30.5 Å². The lowest BCUT2D eigenvalue weighted by Gasteiger charge is -2.18. The molecular formula is C21H33N5O2. The zero-order valence-electron chi connectivity index (χ0n) is 16.9. The predicted molar refractivity (Wildman–Crippen MR) is 115 cm³/mol. The summed E-state index contributed by atoms with van der Waals surface area (Å²) in [6.07, 6.45) is 6.03. The summed E-state index contributed by atoms with van der Waals surface area (Å²) in [6.45, 7) is 3.37. The van der Waals surface area contributed by atoms with Crippen LogP contribution < -0.4 is 26.8 Å². The summed E-state index contributed by atoms with van der Waals surface area (Å²) < 4.78 is 5.39. The maximum Gasteiger partial charge on any atom is 0.236 e. The second-order valence-corrected chi connectivity index (χ2v) is 7.12. The topological polar surface area (TPSA) is 115 Å². The first-order valence-corrected chi connectivity index (χ1v) is 9.97. The lowest BCUT2D eigenvalue weighted by atomic mass is 10.1. The highest BCUT2D eigenvalue weighted by Gasteiger charge is 2.13. The number of aromatic nitrogens is 1. The van der Waals surface area contributed by atoms with E-state index in [4.69, 9.17) is 16.2 Å². The molecule has 1 amide bonds. The summed E-state index contributed by atoms with van der Waals surface area (Å²) in [5.41, 5.74) is 13.2. The van der Waals surface area contributed by atoms with Crippen LogP contribution >= 0.6 is 0 Å². The quantitative estimate of drug-likeness (QED) is 0.416. The number of hydrogen-bond acceptors (Lipinski definition) is 6. The van der Waals surface area contributed by atoms with Crippen LogP contribution in [-0.2, 0) is 4.79 Å². The molecule has 1 unspecified atom stereocenters. The Bertz CT molecular complexity index is 753. The molecule has 0 saturated heterocycles. The fourth-order valence-corrected chi connectivity index (χ4v) is 3.12. The molecule has 0 fully saturated rings. The normalized spacial score (nSPS) is 13.1. The van der Waals surface area contributed by atoms with Crippen molar-refractivity contribution >= 4 is 22.5 Å². The molecule has 2 atom stereocenters. The fourth-order valence-electron chi connectivity index (χ4n) is 3.12. The van der Waals surface area contributed by atoms with Crippen molar-refractivity contribution in [1.29, 1.82) is 0 Å². The first-order valence-electron chi connectivity index (χ1n) is 9.97. The Balaban J connectivity index is 1.79. The third kappa shape index (κ3) is 6.65. The van der Waals surface area contributed by atoms with Gasteiger partial charge in [-0.25, -0.2) is 0 Å². The number of carbonyl (C=O) groups is 1. The monoisotopic (exact) mass is 387 g/mol. The highest BCUT2D eigenvalue weighted by molar-refractivity contribution is 5.91. The third-order valence-corrected chi connectivity index (χ3v) is 4.74. The van der Waals surface area contributed by atoms with Crippen LogP contribution in [0, 0.1) is 0 Å². The Morgan fingerprint density at radius 2 is 2.07 bits per heavy atom. The molecule has 7 nitrogen and oxygen atoms in total. The van der Waals surface area contributed by atoms with Gasteiger partial charge in [-0.2, -0.15) is 0 Å². The van der Waals surface area contributed by atoms with Crippen LogP contribution in [-0.4, -0.2) is 43.2 Å². The van der Waals surface area contributed by atoms with Crippen LogP contribution in [0.1, 0.15) is 39.0 Å². The van der Waals surface area contributed by atoms with Gasteiger partial charge in [0, 0.05) is 30.2 Å². The van der Waals surface area contributed by atoms with Gasteiger partial charge in [-0.1, -0.05) is 12.5 Å². The Hall–Kier alpha value is -2.38. The van der Waals surface area contributed by atoms with Crippen molar-refractivity contribution < 1.29 is 9.53 Å². The second kappa shape index (κ2) is 11.5. The van der Waals surface area contributed by atoms with Crippen molar-refractivity contribution in [2.45, 2.75) is 51.1 Å². The third-order valence-electron chi connectivity index (χ3n) is 4.74. The van der Waals surface area contributed by atoms with E-state index in [1.54, 1.807) is 13.3 Å². The number of ether oxygens (including phenoxy) is 1. The minimum absolute atomic E-state index is 0.0828. The molecule has 0 radical (unpaired) electrons. The summed E-state index contributed by atoms with van der Waals surface area (Å²) in [6, 6.07) is 7.66. The molecule has 6 N–H and O–H groups in total. The van der Waals surface area contributed by atoms with Gasteiger partial charge in [0.15, 0.2) is 0 Å². The lowest BCUT2D eigenvalue weighted by Crippen LogP contribution is -2.41. The number of benzene rings is 1. The number of fused-ring (bicyclic) bond motifs is 1. The molecule has 1 aromatic heterocycles. The van der Waals surface area contributed by atoms with E-state index in [1.165, 1.54) is 0 Å². The van der Waals surface area contributed by atoms with Gasteiger partial charge in [0.1, 0.15) is 5.75 Å². The van der Waals surface area contributed by atoms with Crippen LogP contribution in [0.4, 0.5) is 5.69 Å². The maximum atomic E-state index is 12.0. The summed E-state index contributed by atoms with van der Waals surface area (Å²) in [5.74, 6) is 0.715. The molecule has 154 valence electrons. The number of nitrogens with one attached hydrogen (secondary N) is 2. The molecule has 7 heteroatoms. The van der Waals surface area contributed by atoms with Gasteiger partial charge in [0.05, 0.1) is 24.4 Å². The summed E-state index contributed by atoms with van der Waals surface area (Å²) >= 11 is 0. The number of rotatable bonds is 12. The smallest absolute Gasteiger partial charge is 0.236 e. The summed E-state index contributed by atoms with van der Waals surface area (Å²) in [7, 11) is 1.66. The Labute approximate surface area is 167 Å². The summed E-state index contributed by atoms with van der Waals surface area (Å²) in [5, 5.41) is 7.47. The van der Waals surface area contributed by atoms with E-state index in [0.717, 1.165) is 48.0 Å². The number of hydrogen-bond donors (Lipinski definition) is 4. The van der Waals surface area contributed by atoms with Crippen molar-refractivity contribution in [3.63, 3.8) is 0 Å². The van der Waals surface area contributed by atoms with Crippen LogP contribution in [0.3, 0.4) is 0 Å². The molecule has 0 aliphatic heterocycles. The molecule has 0 aliphatic carbocycles. The van der Waals surface area contributed by atoms with Gasteiger partial charge >= 0.3 is 0 Å². The Kier molecular flexibility index (Phi) is 8.97. The van der Waals surface area contributed by atoms with Crippen molar-refractivity contribution in [2.75, 3.05) is 25.5 Å². The second-order valence-electron chi connectivity index (χ2n) is 7.12. The highest BCUT2D eigenvalue weighted by atomic mass is 16.5. The number of unbranched alkanes of at least 4 members (excludes halogenated alkanes) is 1. The van der Waals surface area contributed by atoms with E-state index in [2.05, 4.69) is 22.5 Å². The average molecular weight is 388 g/mol. The molecule has 2 aromatic rings. The minimum Gasteiger partial charge on any atom is -0.497 e. The molecule has 28 heavy (non-hydrogen) atoms. The standard InChI is InChI=1S/C21H33N5O2/c1-15(7-5-12-25-21(27)18(23)9-3-4-10-22)26-19-14-17(28-2)13-16-8-6-11-24-20(16)19/h6,8,11,13-15,18,26H,3-5,7,9-10,12,22-23H2,1-2H3,(H,25,27)/t15?,18-/m0/s1. The first kappa shape index (κ1) is 21.9. The zero-order chi connectivity index (χ0) is 20.4. The van der Waals surface area contributed by atoms with Crippen molar-refractivity contribution in [3.05, 3.63) is 30.5 Å². The lowest BCUT2D eigenvalue weighted by molar-refractivity contribution is -0.122. The van der Waals surface area contributed by atoms with E-state index in [1.807, 2.05) is 24.3 Å². The summed E-state index contributed by atoms with van der Waals surface area (Å²) in [4.78, 5) is 16.5. The van der Waals surface area contributed by atoms with E-state index in [-0.39, 0.29) is 11.9 Å². The van der Waals surface area contributed by atoms with Gasteiger partial charge in [-0.3, -0.25) is 9.78 Å². The van der Waals surface area contributed by atoms with Gasteiger partial charge < -0.3 is 26.8 Å². The van der Waals surface area contributed by atoms with Crippen molar-refractivity contribution in [3.8, 4) is 5.75 Å². The van der Waals surface area contributed by atoms with Crippen LogP contribution in [0.2, 0.25) is 0 Å². The largest absolute Gasteiger partial charge is 0.497 e. The number of anilines is 1. The van der Waals surface area contributed by atoms with Crippen molar-refractivity contribution in [2.24, 2.45) is 11.5 Å². The van der Waals surface area contributed by atoms with E-state index in [9.17, 15) is 4.79 Å². The molecule has 2 rings (SSSR count). The van der Waals surface area contributed by atoms with Crippen molar-refractivity contribution in [1.82, 2.24) is 10.3 Å². The number of nitrogens with two attached hydrogens (primary N) is 2. The molecule has 0 bridgehead atoms. The fraction of sp³-hybridized carbons (Fsp3) is 0.524. The zero-order valence-corrected chi connectivity index (χ0v) is 16.9. The van der Waals surface area contributed by atoms with Gasteiger partial charge in [-0.05, 0) is 51.3 Å². The number of carbonyl (C=O) groups excluding carboxylic acids is 1. The van der Waals surface area contributed by atoms with Gasteiger partial charge in [-0.15, -0.1) is 0 Å². The molecule has 1 aromatic carbocycles. The number of amides is 1. The number of methoxy groups -OCH3 is 1. The van der Waals surface area contributed by atoms with Crippen LogP contribution in [0.5, 0.6) is 5.75 Å². The SMILES string of the molecule is COc1cc(NC(C)CCCNC(=O)[C@@H](N)CCCCN)c2ncccc2c1. The Morgan fingerprint density at radius 1 is 1.25 bits per heavy atom. The van der Waals surface area contributed by atoms with E-state index in [0.29, 0.717) is 19.5 Å². The number of pyridine rings is 1. The number of nitrogens with zero attached hydrogens (tertiary/aromatic N) is 1. The maximum absolute atomic E-state index is 12.0. The molecular weight excluding hydrogens is 354 g/mol. The van der Waals surface area contributed by atoms with E-state index < -0.39 is 6.04 Å². The molecule has 0 saturated carbocycles. The van der Waals surface area contributed by atoms with Crippen LogP contribution in [0.25, 0.3) is 10.9 Å². The average Bonchev–Trinajstić information content (AvgIpc) is 2.70. The highest BCUT2D eigenvalue weighted by Crippen LogP contribution is 2.28. The van der Waals surface area contributed by atoms with Gasteiger partial charge in [0.25, 0.3) is 0 Å². The molecule has 1 heterocycles. The predicted octanol–water partition coefficient (Wildman–Crippen LogP) is 2.40. The van der Waals surface area contributed by atoms with Gasteiger partial charge in [0.2, 0.25) is 5.91 Å². The first-order chi connectivity index (χ1) is 13.5. The van der Waals surface area contributed by atoms with E-state index >= 15 is 0 Å². The Morgan fingerprint density at radius 3 is 2.82 bits per heavy atom.